The van der Waals surface area contributed by atoms with Crippen LogP contribution in [-0.2, 0) is 10.2 Å². The second-order valence-electron chi connectivity index (χ2n) is 5.96. The summed E-state index contributed by atoms with van der Waals surface area (Å²) in [5.41, 5.74) is 1.33. The van der Waals surface area contributed by atoms with E-state index in [4.69, 9.17) is 9.72 Å². The van der Waals surface area contributed by atoms with Crippen LogP contribution in [0, 0.1) is 0 Å². The van der Waals surface area contributed by atoms with Gasteiger partial charge in [0.1, 0.15) is 5.01 Å². The average Bonchev–Trinajstić information content (AvgIpc) is 2.83. The lowest BCUT2D eigenvalue weighted by atomic mass is 9.93. The molecule has 1 aromatic heterocycles. The summed E-state index contributed by atoms with van der Waals surface area (Å²) in [5, 5.41) is 6.98. The van der Waals surface area contributed by atoms with Crippen LogP contribution in [0.5, 0.6) is 0 Å². The molecule has 110 valence electrons. The number of methoxy groups -OCH3 is 1. The number of nitrogens with zero attached hydrogens (tertiary/aromatic N) is 1. The van der Waals surface area contributed by atoms with Gasteiger partial charge in [0.25, 0.3) is 0 Å². The third kappa shape index (κ3) is 5.59. The summed E-state index contributed by atoms with van der Waals surface area (Å²) in [6.07, 6.45) is 3.60. The monoisotopic (exact) mass is 284 g/mol. The van der Waals surface area contributed by atoms with Gasteiger partial charge in [0.05, 0.1) is 18.3 Å². The van der Waals surface area contributed by atoms with Crippen LogP contribution in [0.2, 0.25) is 0 Å². The second kappa shape index (κ2) is 7.98. The molecule has 0 fully saturated rings. The Morgan fingerprint density at radius 1 is 1.42 bits per heavy atom. The highest BCUT2D eigenvalue weighted by Crippen LogP contribution is 2.28. The molecule has 0 bridgehead atoms. The van der Waals surface area contributed by atoms with Crippen molar-refractivity contribution in [1.29, 1.82) is 0 Å². The van der Waals surface area contributed by atoms with Crippen molar-refractivity contribution in [2.75, 3.05) is 20.3 Å². The summed E-state index contributed by atoms with van der Waals surface area (Å²) in [4.78, 5) is 4.83. The quantitative estimate of drug-likeness (QED) is 0.735. The first-order valence-corrected chi connectivity index (χ1v) is 8.05. The summed E-state index contributed by atoms with van der Waals surface area (Å²) in [7, 11) is 1.74. The van der Waals surface area contributed by atoms with Crippen LogP contribution < -0.4 is 5.32 Å². The van der Waals surface area contributed by atoms with Gasteiger partial charge in [-0.1, -0.05) is 40.5 Å². The van der Waals surface area contributed by atoms with E-state index in [1.165, 1.54) is 23.5 Å². The Hall–Kier alpha value is -0.450. The smallest absolute Gasteiger partial charge is 0.110 e. The van der Waals surface area contributed by atoms with E-state index in [0.717, 1.165) is 19.6 Å². The fraction of sp³-hybridized carbons (Fsp3) is 0.800. The minimum atomic E-state index is 0.136. The van der Waals surface area contributed by atoms with Crippen molar-refractivity contribution in [2.24, 2.45) is 0 Å². The standard InChI is InChI=1S/C15H28N2OS/c1-6-7-8-12(16-9-10-18-5)14-17-13(11-19-14)15(2,3)4/h11-12,16H,6-10H2,1-5H3. The van der Waals surface area contributed by atoms with Gasteiger partial charge in [0.2, 0.25) is 0 Å². The van der Waals surface area contributed by atoms with Crippen LogP contribution in [0.25, 0.3) is 0 Å². The molecule has 0 saturated carbocycles. The number of unbranched alkanes of at least 4 members (excludes halogenated alkanes) is 1. The Balaban J connectivity index is 2.70. The van der Waals surface area contributed by atoms with E-state index < -0.39 is 0 Å². The average molecular weight is 284 g/mol. The third-order valence-electron chi connectivity index (χ3n) is 3.13. The Labute approximate surface area is 121 Å². The first-order chi connectivity index (χ1) is 8.99. The van der Waals surface area contributed by atoms with Crippen LogP contribution >= 0.6 is 11.3 Å². The van der Waals surface area contributed by atoms with Crippen molar-refractivity contribution in [3.05, 3.63) is 16.1 Å². The van der Waals surface area contributed by atoms with E-state index in [0.29, 0.717) is 6.04 Å². The van der Waals surface area contributed by atoms with Crippen molar-refractivity contribution in [3.63, 3.8) is 0 Å². The van der Waals surface area contributed by atoms with E-state index >= 15 is 0 Å². The summed E-state index contributed by atoms with van der Waals surface area (Å²) in [6.45, 7) is 10.5. The van der Waals surface area contributed by atoms with E-state index in [-0.39, 0.29) is 5.41 Å². The van der Waals surface area contributed by atoms with E-state index in [1.807, 2.05) is 0 Å². The predicted molar refractivity (Wildman–Crippen MR) is 83.0 cm³/mol. The first-order valence-electron chi connectivity index (χ1n) is 7.17. The van der Waals surface area contributed by atoms with Gasteiger partial charge >= 0.3 is 0 Å². The molecular formula is C15H28N2OS. The molecule has 0 saturated heterocycles. The molecule has 0 radical (unpaired) electrons. The largest absolute Gasteiger partial charge is 0.383 e. The van der Waals surface area contributed by atoms with Crippen molar-refractivity contribution in [3.8, 4) is 0 Å². The van der Waals surface area contributed by atoms with Crippen LogP contribution in [-0.4, -0.2) is 25.2 Å². The fourth-order valence-electron chi connectivity index (χ4n) is 1.85. The molecule has 1 heterocycles. The summed E-state index contributed by atoms with van der Waals surface area (Å²) >= 11 is 1.78. The molecule has 1 atom stereocenters. The Bertz CT molecular complexity index is 357. The van der Waals surface area contributed by atoms with E-state index in [2.05, 4.69) is 38.4 Å². The molecule has 0 aliphatic heterocycles. The zero-order valence-electron chi connectivity index (χ0n) is 13.0. The normalized spacial score (nSPS) is 13.7. The molecule has 0 aliphatic carbocycles. The molecule has 0 spiro atoms. The lowest BCUT2D eigenvalue weighted by Gasteiger charge is -2.17. The van der Waals surface area contributed by atoms with Crippen LogP contribution in [0.15, 0.2) is 5.38 Å². The molecule has 1 rings (SSSR count). The molecule has 1 unspecified atom stereocenters. The predicted octanol–water partition coefficient (Wildman–Crippen LogP) is 3.91. The molecule has 4 heteroatoms. The molecule has 3 nitrogen and oxygen atoms in total. The minimum Gasteiger partial charge on any atom is -0.383 e. The second-order valence-corrected chi connectivity index (χ2v) is 6.85. The van der Waals surface area contributed by atoms with Gasteiger partial charge in [-0.2, -0.15) is 0 Å². The lowest BCUT2D eigenvalue weighted by Crippen LogP contribution is -2.25. The molecule has 19 heavy (non-hydrogen) atoms. The number of nitrogens with one attached hydrogen (secondary N) is 1. The van der Waals surface area contributed by atoms with Gasteiger partial charge in [0, 0.05) is 24.4 Å². The third-order valence-corrected chi connectivity index (χ3v) is 4.09. The van der Waals surface area contributed by atoms with E-state index in [9.17, 15) is 0 Å². The highest BCUT2D eigenvalue weighted by atomic mass is 32.1. The Morgan fingerprint density at radius 3 is 2.68 bits per heavy atom. The number of hydrogen-bond acceptors (Lipinski definition) is 4. The molecule has 1 N–H and O–H groups in total. The molecular weight excluding hydrogens is 256 g/mol. The minimum absolute atomic E-state index is 0.136. The zero-order chi connectivity index (χ0) is 14.3. The van der Waals surface area contributed by atoms with Crippen molar-refractivity contribution < 1.29 is 4.74 Å². The Morgan fingerprint density at radius 2 is 2.16 bits per heavy atom. The maximum atomic E-state index is 5.11. The number of thiazole rings is 1. The molecule has 0 amide bonds. The van der Waals surface area contributed by atoms with E-state index in [1.54, 1.807) is 18.4 Å². The molecule has 1 aromatic rings. The van der Waals surface area contributed by atoms with Crippen LogP contribution in [0.3, 0.4) is 0 Å². The number of rotatable bonds is 8. The molecule has 0 aliphatic rings. The highest BCUT2D eigenvalue weighted by molar-refractivity contribution is 7.09. The Kier molecular flexibility index (Phi) is 6.97. The van der Waals surface area contributed by atoms with Crippen molar-refractivity contribution in [2.45, 2.75) is 58.4 Å². The first kappa shape index (κ1) is 16.6. The van der Waals surface area contributed by atoms with Gasteiger partial charge in [-0.15, -0.1) is 11.3 Å². The zero-order valence-corrected chi connectivity index (χ0v) is 13.8. The summed E-state index contributed by atoms with van der Waals surface area (Å²) < 4.78 is 5.11. The maximum absolute atomic E-state index is 5.11. The number of hydrogen-bond donors (Lipinski definition) is 1. The number of aromatic nitrogens is 1. The SMILES string of the molecule is CCCCC(NCCOC)c1nc(C(C)(C)C)cs1. The summed E-state index contributed by atoms with van der Waals surface area (Å²) in [5.74, 6) is 0. The maximum Gasteiger partial charge on any atom is 0.110 e. The van der Waals surface area contributed by atoms with Crippen LogP contribution in [0.1, 0.15) is 63.7 Å². The lowest BCUT2D eigenvalue weighted by molar-refractivity contribution is 0.195. The fourth-order valence-corrected chi connectivity index (χ4v) is 3.00. The van der Waals surface area contributed by atoms with Gasteiger partial charge in [-0.25, -0.2) is 4.98 Å². The highest BCUT2D eigenvalue weighted by Gasteiger charge is 2.20. The topological polar surface area (TPSA) is 34.1 Å². The molecule has 0 aromatic carbocycles. The number of ether oxygens (including phenoxy) is 1. The van der Waals surface area contributed by atoms with Crippen LogP contribution in [0.4, 0.5) is 0 Å². The van der Waals surface area contributed by atoms with Gasteiger partial charge in [-0.3, -0.25) is 0 Å². The van der Waals surface area contributed by atoms with Gasteiger partial charge in [-0.05, 0) is 6.42 Å². The van der Waals surface area contributed by atoms with Gasteiger partial charge < -0.3 is 10.1 Å². The van der Waals surface area contributed by atoms with Gasteiger partial charge in [0.15, 0.2) is 0 Å². The van der Waals surface area contributed by atoms with Crippen molar-refractivity contribution in [1.82, 2.24) is 10.3 Å². The summed E-state index contributed by atoms with van der Waals surface area (Å²) in [6, 6.07) is 0.371. The van der Waals surface area contributed by atoms with Crippen molar-refractivity contribution >= 4 is 11.3 Å².